The number of unbranched alkanes of at least 4 members (excludes halogenated alkanes) is 2. The molecule has 0 saturated heterocycles. The van der Waals surface area contributed by atoms with Crippen molar-refractivity contribution in [2.24, 2.45) is 17.8 Å². The summed E-state index contributed by atoms with van der Waals surface area (Å²) in [7, 11) is 0. The van der Waals surface area contributed by atoms with Crippen LogP contribution >= 0.6 is 0 Å². The number of fused-ring (bicyclic) bond motifs is 6. The van der Waals surface area contributed by atoms with E-state index in [1.54, 1.807) is 0 Å². The Balaban J connectivity index is 1.14. The van der Waals surface area contributed by atoms with E-state index in [1.165, 1.54) is 47.2 Å². The quantitative estimate of drug-likeness (QED) is 0.0856. The van der Waals surface area contributed by atoms with Gasteiger partial charge in [-0.25, -0.2) is 4.79 Å². The summed E-state index contributed by atoms with van der Waals surface area (Å²) in [5.74, 6) is 1.96. The third kappa shape index (κ3) is 5.39. The second-order valence-electron chi connectivity index (χ2n) is 13.7. The van der Waals surface area contributed by atoms with Crippen molar-refractivity contribution in [2.45, 2.75) is 45.4 Å². The Hall–Kier alpha value is -5.09. The highest BCUT2D eigenvalue weighted by Crippen LogP contribution is 2.40. The number of aromatic nitrogens is 2. The standard InChI is InChI=1S/C44H42N2O2/c1-3-31-25-30(2)32(26-31)15-5-4-14-24-48-44(47)33-27-34(45-40-20-10-6-16-36(40)37-17-7-11-21-41(37)45)29-35(28-33)46-42-22-12-8-18-38(42)39-19-9-13-23-43(39)46/h3,6-13,16-23,27-32H,1,4-5,14-15,24-26H2,2H3. The van der Waals surface area contributed by atoms with Crippen LogP contribution in [0.1, 0.15) is 55.8 Å². The predicted molar refractivity (Wildman–Crippen MR) is 199 cm³/mol. The molecule has 5 aromatic carbocycles. The van der Waals surface area contributed by atoms with Gasteiger partial charge in [0.15, 0.2) is 0 Å². The van der Waals surface area contributed by atoms with Crippen LogP contribution in [0.25, 0.3) is 55.0 Å². The van der Waals surface area contributed by atoms with Gasteiger partial charge in [-0.2, -0.15) is 0 Å². The van der Waals surface area contributed by atoms with Crippen molar-refractivity contribution in [1.29, 1.82) is 0 Å². The van der Waals surface area contributed by atoms with E-state index in [9.17, 15) is 4.79 Å². The van der Waals surface area contributed by atoms with Crippen LogP contribution in [-0.2, 0) is 4.74 Å². The average molecular weight is 631 g/mol. The molecule has 8 rings (SSSR count). The number of allylic oxidation sites excluding steroid dienone is 1. The van der Waals surface area contributed by atoms with Crippen molar-refractivity contribution in [1.82, 2.24) is 9.13 Å². The molecule has 3 unspecified atom stereocenters. The summed E-state index contributed by atoms with van der Waals surface area (Å²) in [5, 5.41) is 4.75. The van der Waals surface area contributed by atoms with Gasteiger partial charge in [0.25, 0.3) is 0 Å². The van der Waals surface area contributed by atoms with Crippen molar-refractivity contribution in [3.63, 3.8) is 0 Å². The number of nitrogens with zero attached hydrogens (tertiary/aromatic N) is 2. The van der Waals surface area contributed by atoms with E-state index in [0.29, 0.717) is 18.1 Å². The molecule has 48 heavy (non-hydrogen) atoms. The summed E-state index contributed by atoms with van der Waals surface area (Å²) in [5.41, 5.74) is 6.84. The SMILES string of the molecule is C=CC1CC(C)C(CCCCCOC(=O)c2cc(-n3c4ccccc4c4ccccc43)cc(-n3c4ccccc4c4ccccc43)c2)C1. The molecule has 1 aliphatic carbocycles. The number of benzene rings is 5. The maximum atomic E-state index is 13.8. The Morgan fingerprint density at radius 2 is 1.17 bits per heavy atom. The molecule has 0 amide bonds. The van der Waals surface area contributed by atoms with E-state index < -0.39 is 0 Å². The van der Waals surface area contributed by atoms with Gasteiger partial charge in [-0.15, -0.1) is 6.58 Å². The number of esters is 1. The fourth-order valence-electron chi connectivity index (χ4n) is 8.29. The number of rotatable bonds is 10. The largest absolute Gasteiger partial charge is 0.462 e. The Kier molecular flexibility index (Phi) is 8.09. The van der Waals surface area contributed by atoms with Gasteiger partial charge in [0.1, 0.15) is 0 Å². The topological polar surface area (TPSA) is 36.2 Å². The number of hydrogen-bond donors (Lipinski definition) is 0. The van der Waals surface area contributed by atoms with Crippen molar-refractivity contribution < 1.29 is 9.53 Å². The Bertz CT molecular complexity index is 2050. The molecule has 0 N–H and O–H groups in total. The van der Waals surface area contributed by atoms with Crippen LogP contribution in [0.4, 0.5) is 0 Å². The van der Waals surface area contributed by atoms with E-state index in [2.05, 4.69) is 132 Å². The van der Waals surface area contributed by atoms with Crippen LogP contribution in [0.2, 0.25) is 0 Å². The van der Waals surface area contributed by atoms with Gasteiger partial charge in [-0.3, -0.25) is 0 Å². The first-order valence-electron chi connectivity index (χ1n) is 17.5. The highest BCUT2D eigenvalue weighted by Gasteiger charge is 2.28. The second kappa shape index (κ2) is 12.8. The van der Waals surface area contributed by atoms with Crippen molar-refractivity contribution in [2.75, 3.05) is 6.61 Å². The Labute approximate surface area is 282 Å². The lowest BCUT2D eigenvalue weighted by Crippen LogP contribution is -2.09. The fourth-order valence-corrected chi connectivity index (χ4v) is 8.29. The zero-order valence-corrected chi connectivity index (χ0v) is 27.6. The van der Waals surface area contributed by atoms with Crippen molar-refractivity contribution in [3.05, 3.63) is 133 Å². The molecular weight excluding hydrogens is 588 g/mol. The van der Waals surface area contributed by atoms with E-state index in [-0.39, 0.29) is 5.97 Å². The maximum absolute atomic E-state index is 13.8. The smallest absolute Gasteiger partial charge is 0.338 e. The van der Waals surface area contributed by atoms with Gasteiger partial charge in [-0.05, 0) is 79.5 Å². The average Bonchev–Trinajstić information content (AvgIpc) is 3.78. The normalized spacial score (nSPS) is 17.9. The summed E-state index contributed by atoms with van der Waals surface area (Å²) in [6.45, 7) is 6.83. The van der Waals surface area contributed by atoms with Crippen molar-refractivity contribution >= 4 is 49.6 Å². The molecule has 0 spiro atoms. The number of carbonyl (C=O) groups is 1. The monoisotopic (exact) mass is 630 g/mol. The van der Waals surface area contributed by atoms with Gasteiger partial charge < -0.3 is 13.9 Å². The zero-order chi connectivity index (χ0) is 32.6. The molecule has 0 bridgehead atoms. The molecular formula is C44H42N2O2. The summed E-state index contributed by atoms with van der Waals surface area (Å²) in [4.78, 5) is 13.8. The molecule has 1 aliphatic rings. The predicted octanol–water partition coefficient (Wildman–Crippen LogP) is 11.4. The van der Waals surface area contributed by atoms with Crippen LogP contribution in [-0.4, -0.2) is 21.7 Å². The molecule has 3 atom stereocenters. The molecule has 2 heterocycles. The lowest BCUT2D eigenvalue weighted by molar-refractivity contribution is 0.0497. The first-order chi connectivity index (χ1) is 23.6. The van der Waals surface area contributed by atoms with E-state index in [4.69, 9.17) is 4.74 Å². The van der Waals surface area contributed by atoms with Gasteiger partial charge in [0.2, 0.25) is 0 Å². The molecule has 2 aromatic heterocycles. The first kappa shape index (κ1) is 30.3. The van der Waals surface area contributed by atoms with E-state index >= 15 is 0 Å². The highest BCUT2D eigenvalue weighted by atomic mass is 16.5. The van der Waals surface area contributed by atoms with E-state index in [0.717, 1.165) is 58.1 Å². The molecule has 0 aliphatic heterocycles. The Morgan fingerprint density at radius 1 is 0.688 bits per heavy atom. The summed E-state index contributed by atoms with van der Waals surface area (Å²) >= 11 is 0. The third-order valence-electron chi connectivity index (χ3n) is 10.7. The molecule has 1 saturated carbocycles. The van der Waals surface area contributed by atoms with Crippen LogP contribution in [0, 0.1) is 17.8 Å². The van der Waals surface area contributed by atoms with E-state index in [1.807, 2.05) is 12.1 Å². The maximum Gasteiger partial charge on any atom is 0.338 e. The number of carbonyl (C=O) groups excluding carboxylic acids is 1. The molecule has 1 fully saturated rings. The number of para-hydroxylation sites is 4. The molecule has 0 radical (unpaired) electrons. The molecule has 240 valence electrons. The minimum absolute atomic E-state index is 0.280. The van der Waals surface area contributed by atoms with Gasteiger partial charge in [0, 0.05) is 32.9 Å². The van der Waals surface area contributed by atoms with Crippen LogP contribution < -0.4 is 0 Å². The van der Waals surface area contributed by atoms with Crippen LogP contribution in [0.15, 0.2) is 128 Å². The summed E-state index contributed by atoms with van der Waals surface area (Å²) < 4.78 is 10.5. The lowest BCUT2D eigenvalue weighted by atomic mass is 9.92. The summed E-state index contributed by atoms with van der Waals surface area (Å²) in [6, 6.07) is 40.2. The van der Waals surface area contributed by atoms with Gasteiger partial charge >= 0.3 is 5.97 Å². The highest BCUT2D eigenvalue weighted by molar-refractivity contribution is 6.10. The zero-order valence-electron chi connectivity index (χ0n) is 27.6. The Morgan fingerprint density at radius 3 is 1.62 bits per heavy atom. The minimum atomic E-state index is -0.280. The molecule has 7 aromatic rings. The molecule has 4 heteroatoms. The first-order valence-corrected chi connectivity index (χ1v) is 17.5. The van der Waals surface area contributed by atoms with Crippen LogP contribution in [0.5, 0.6) is 0 Å². The number of ether oxygens (including phenoxy) is 1. The van der Waals surface area contributed by atoms with Gasteiger partial charge in [0.05, 0.1) is 34.2 Å². The fraction of sp³-hybridized carbons (Fsp3) is 0.250. The second-order valence-corrected chi connectivity index (χ2v) is 13.7. The van der Waals surface area contributed by atoms with Crippen LogP contribution in [0.3, 0.4) is 0 Å². The minimum Gasteiger partial charge on any atom is -0.462 e. The van der Waals surface area contributed by atoms with Crippen molar-refractivity contribution in [3.8, 4) is 11.4 Å². The third-order valence-corrected chi connectivity index (χ3v) is 10.7. The summed E-state index contributed by atoms with van der Waals surface area (Å²) in [6.07, 6.45) is 9.07. The molecule has 4 nitrogen and oxygen atoms in total. The number of hydrogen-bond acceptors (Lipinski definition) is 2. The lowest BCUT2D eigenvalue weighted by Gasteiger charge is -2.16. The van der Waals surface area contributed by atoms with Gasteiger partial charge in [-0.1, -0.05) is 105 Å².